The van der Waals surface area contributed by atoms with E-state index in [-0.39, 0.29) is 10.8 Å². The third kappa shape index (κ3) is 4.83. The van der Waals surface area contributed by atoms with Crippen molar-refractivity contribution in [3.05, 3.63) is 120 Å². The fourth-order valence-corrected chi connectivity index (χ4v) is 5.02. The van der Waals surface area contributed by atoms with Crippen molar-refractivity contribution in [2.75, 3.05) is 0 Å². The van der Waals surface area contributed by atoms with Crippen LogP contribution in [0.15, 0.2) is 75.0 Å². The molecule has 3 aromatic carbocycles. The first-order valence-corrected chi connectivity index (χ1v) is 12.9. The summed E-state index contributed by atoms with van der Waals surface area (Å²) < 4.78 is 3.28. The van der Waals surface area contributed by atoms with Gasteiger partial charge in [-0.2, -0.15) is 0 Å². The topological polar surface area (TPSA) is 66.0 Å². The van der Waals surface area contributed by atoms with Crippen molar-refractivity contribution in [1.82, 2.24) is 13.7 Å². The molecule has 0 aliphatic heterocycles. The predicted molar refractivity (Wildman–Crippen MR) is 155 cm³/mol. The Labute approximate surface area is 223 Å². The molecule has 4 rings (SSSR count). The van der Waals surface area contributed by atoms with Gasteiger partial charge in [0.05, 0.1) is 17.1 Å². The van der Waals surface area contributed by atoms with E-state index in [0.29, 0.717) is 17.1 Å². The summed E-state index contributed by atoms with van der Waals surface area (Å²) in [5, 5.41) is 0. The molecule has 0 aliphatic rings. The van der Waals surface area contributed by atoms with Gasteiger partial charge in [-0.25, -0.2) is 28.1 Å². The lowest BCUT2D eigenvalue weighted by atomic mass is 9.84. The van der Waals surface area contributed by atoms with Crippen molar-refractivity contribution in [2.24, 2.45) is 0 Å². The smallest absolute Gasteiger partial charge is 0.246 e. The van der Waals surface area contributed by atoms with Crippen molar-refractivity contribution in [1.29, 1.82) is 0 Å². The number of hydrogen-bond donors (Lipinski definition) is 0. The summed E-state index contributed by atoms with van der Waals surface area (Å²) in [6.45, 7) is 18.5. The van der Waals surface area contributed by atoms with Gasteiger partial charge >= 0.3 is 17.1 Å². The fourth-order valence-electron chi connectivity index (χ4n) is 5.02. The van der Waals surface area contributed by atoms with E-state index in [9.17, 15) is 14.4 Å². The zero-order valence-corrected chi connectivity index (χ0v) is 23.8. The van der Waals surface area contributed by atoms with Gasteiger partial charge in [0.2, 0.25) is 0 Å². The summed E-state index contributed by atoms with van der Waals surface area (Å²) in [6, 6.07) is 18.2. The Morgan fingerprint density at radius 2 is 0.789 bits per heavy atom. The Hall–Kier alpha value is -3.93. The molecule has 0 fully saturated rings. The maximum absolute atomic E-state index is 14.1. The molecule has 0 N–H and O–H groups in total. The number of aromatic nitrogens is 3. The largest absolute Gasteiger partial charge is 0.345 e. The summed E-state index contributed by atoms with van der Waals surface area (Å²) in [5.74, 6) is 0. The summed E-state index contributed by atoms with van der Waals surface area (Å²) in [4.78, 5) is 41.9. The molecule has 0 amide bonds. The van der Waals surface area contributed by atoms with Gasteiger partial charge < -0.3 is 0 Å². The first-order valence-electron chi connectivity index (χ1n) is 12.9. The highest BCUT2D eigenvalue weighted by Gasteiger charge is 2.24. The summed E-state index contributed by atoms with van der Waals surface area (Å²) in [5.41, 5.74) is 3.91. The number of rotatable bonds is 3. The van der Waals surface area contributed by atoms with E-state index >= 15 is 0 Å². The molecule has 1 aromatic heterocycles. The lowest BCUT2D eigenvalue weighted by Crippen LogP contribution is -2.52. The van der Waals surface area contributed by atoms with Crippen LogP contribution in [0.1, 0.15) is 69.4 Å². The average molecular weight is 512 g/mol. The summed E-state index contributed by atoms with van der Waals surface area (Å²) in [6.07, 6.45) is 0. The van der Waals surface area contributed by atoms with Gasteiger partial charge in [-0.1, -0.05) is 71.4 Å². The second-order valence-electron chi connectivity index (χ2n) is 12.2. The number of aryl methyl sites for hydroxylation is 3. The van der Waals surface area contributed by atoms with Crippen LogP contribution in [0.25, 0.3) is 17.1 Å². The van der Waals surface area contributed by atoms with Gasteiger partial charge in [-0.3, -0.25) is 0 Å². The lowest BCUT2D eigenvalue weighted by molar-refractivity contribution is 0.582. The molecule has 0 saturated carbocycles. The fraction of sp³-hybridized carbons (Fsp3) is 0.344. The van der Waals surface area contributed by atoms with Crippen LogP contribution >= 0.6 is 0 Å². The first kappa shape index (κ1) is 27.1. The van der Waals surface area contributed by atoms with E-state index in [4.69, 9.17) is 0 Å². The second-order valence-corrected chi connectivity index (χ2v) is 12.2. The minimum atomic E-state index is -0.702. The van der Waals surface area contributed by atoms with Crippen LogP contribution in [0, 0.1) is 20.8 Å². The molecule has 0 bridgehead atoms. The van der Waals surface area contributed by atoms with Gasteiger partial charge in [-0.15, -0.1) is 0 Å². The summed E-state index contributed by atoms with van der Waals surface area (Å²) >= 11 is 0. The average Bonchev–Trinajstić information content (AvgIpc) is 2.81. The Morgan fingerprint density at radius 1 is 0.474 bits per heavy atom. The van der Waals surface area contributed by atoms with E-state index < -0.39 is 17.1 Å². The Kier molecular flexibility index (Phi) is 6.73. The Balaban J connectivity index is 2.16. The van der Waals surface area contributed by atoms with Crippen LogP contribution in [-0.2, 0) is 10.8 Å². The van der Waals surface area contributed by atoms with Gasteiger partial charge in [-0.05, 0) is 90.3 Å². The highest BCUT2D eigenvalue weighted by molar-refractivity contribution is 5.46. The highest BCUT2D eigenvalue weighted by Crippen LogP contribution is 2.28. The zero-order chi connectivity index (χ0) is 28.2. The monoisotopic (exact) mass is 511 g/mol. The van der Waals surface area contributed by atoms with Crippen molar-refractivity contribution in [2.45, 2.75) is 73.1 Å². The maximum Gasteiger partial charge on any atom is 0.345 e. The van der Waals surface area contributed by atoms with E-state index in [2.05, 4.69) is 41.5 Å². The Bertz CT molecular complexity index is 1600. The van der Waals surface area contributed by atoms with Gasteiger partial charge in [0.25, 0.3) is 0 Å². The number of nitrogens with zero attached hydrogens (tertiary/aromatic N) is 3. The van der Waals surface area contributed by atoms with Crippen LogP contribution < -0.4 is 17.1 Å². The second kappa shape index (κ2) is 9.43. The van der Waals surface area contributed by atoms with Crippen LogP contribution in [0.5, 0.6) is 0 Å². The van der Waals surface area contributed by atoms with Crippen molar-refractivity contribution >= 4 is 0 Å². The predicted octanol–water partition coefficient (Wildman–Crippen LogP) is 5.66. The standard InChI is InChI=1S/C32H37N3O3/c1-20-10-14-23(15-11-20)33-28(36)34(24-16-12-21(2)26(18-24)31(4,5)6)30(38)35(29(33)37)25-17-13-22(3)27(19-25)32(7,8)9/h10-19H,1-9H3. The van der Waals surface area contributed by atoms with E-state index in [0.717, 1.165) is 41.5 Å². The molecular formula is C32H37N3O3. The quantitative estimate of drug-likeness (QED) is 0.357. The highest BCUT2D eigenvalue weighted by atomic mass is 16.2. The molecule has 1 heterocycles. The molecule has 0 radical (unpaired) electrons. The third-order valence-corrected chi connectivity index (χ3v) is 7.01. The van der Waals surface area contributed by atoms with Gasteiger partial charge in [0, 0.05) is 0 Å². The molecule has 38 heavy (non-hydrogen) atoms. The molecule has 0 spiro atoms. The third-order valence-electron chi connectivity index (χ3n) is 7.01. The van der Waals surface area contributed by atoms with Crippen LogP contribution in [0.3, 0.4) is 0 Å². The van der Waals surface area contributed by atoms with Crippen molar-refractivity contribution in [3.63, 3.8) is 0 Å². The lowest BCUT2D eigenvalue weighted by Gasteiger charge is -2.24. The molecular weight excluding hydrogens is 474 g/mol. The minimum Gasteiger partial charge on any atom is -0.246 e. The van der Waals surface area contributed by atoms with Crippen molar-refractivity contribution in [3.8, 4) is 17.1 Å². The maximum atomic E-state index is 14.1. The van der Waals surface area contributed by atoms with E-state index in [1.807, 2.05) is 57.2 Å². The number of hydrogen-bond acceptors (Lipinski definition) is 3. The van der Waals surface area contributed by atoms with Crippen LogP contribution in [0.4, 0.5) is 0 Å². The van der Waals surface area contributed by atoms with Gasteiger partial charge in [0.1, 0.15) is 0 Å². The molecule has 0 saturated heterocycles. The SMILES string of the molecule is Cc1ccc(-n2c(=O)n(-c3ccc(C)c(C(C)(C)C)c3)c(=O)n(-c3ccc(C)c(C(C)(C)C)c3)c2=O)cc1. The van der Waals surface area contributed by atoms with E-state index in [1.54, 1.807) is 24.3 Å². The first-order chi connectivity index (χ1) is 17.6. The molecule has 0 unspecified atom stereocenters. The molecule has 0 aliphatic carbocycles. The molecule has 0 atom stereocenters. The normalized spacial score (nSPS) is 12.1. The molecule has 6 nitrogen and oxygen atoms in total. The van der Waals surface area contributed by atoms with Crippen LogP contribution in [0.2, 0.25) is 0 Å². The Morgan fingerprint density at radius 3 is 1.13 bits per heavy atom. The van der Waals surface area contributed by atoms with Crippen LogP contribution in [-0.4, -0.2) is 13.7 Å². The molecule has 4 aromatic rings. The summed E-state index contributed by atoms with van der Waals surface area (Å²) in [7, 11) is 0. The van der Waals surface area contributed by atoms with E-state index in [1.165, 1.54) is 0 Å². The van der Waals surface area contributed by atoms with Gasteiger partial charge in [0.15, 0.2) is 0 Å². The molecule has 198 valence electrons. The minimum absolute atomic E-state index is 0.202. The number of benzene rings is 3. The zero-order valence-electron chi connectivity index (χ0n) is 23.8. The molecule has 6 heteroatoms. The van der Waals surface area contributed by atoms with Crippen molar-refractivity contribution < 1.29 is 0 Å².